The predicted molar refractivity (Wildman–Crippen MR) is 115 cm³/mol. The number of nitrogens with zero attached hydrogens (tertiary/aromatic N) is 2. The maximum Gasteiger partial charge on any atom is 0.238 e. The van der Waals surface area contributed by atoms with E-state index in [1.807, 2.05) is 18.0 Å². The average molecular weight is 408 g/mol. The topological polar surface area (TPSA) is 78.1 Å². The number of carbonyl (C=O) groups is 2. The number of anilines is 1. The van der Waals surface area contributed by atoms with Crippen molar-refractivity contribution in [2.24, 2.45) is 0 Å². The Balaban J connectivity index is 1.43. The molecule has 3 rings (SSSR count). The van der Waals surface area contributed by atoms with E-state index < -0.39 is 0 Å². The van der Waals surface area contributed by atoms with Gasteiger partial charge >= 0.3 is 0 Å². The number of hydrogen-bond acceptors (Lipinski definition) is 4. The van der Waals surface area contributed by atoms with Crippen LogP contribution < -0.4 is 5.32 Å². The normalized spacial score (nSPS) is 10.9. The molecule has 0 spiro atoms. The Morgan fingerprint density at radius 1 is 1.13 bits per heavy atom. The zero-order valence-electron chi connectivity index (χ0n) is 17.1. The predicted octanol–water partition coefficient (Wildman–Crippen LogP) is 3.92. The molecule has 2 N–H and O–H groups in total. The number of halogens is 1. The summed E-state index contributed by atoms with van der Waals surface area (Å²) in [6, 6.07) is 15.1. The number of carbonyl (C=O) groups excluding carboxylic acids is 2. The minimum atomic E-state index is -0.270. The van der Waals surface area contributed by atoms with Gasteiger partial charge in [0.2, 0.25) is 5.91 Å². The molecule has 3 aromatic rings. The summed E-state index contributed by atoms with van der Waals surface area (Å²) in [5, 5.41) is 10.1. The third kappa shape index (κ3) is 6.09. The smallest absolute Gasteiger partial charge is 0.238 e. The van der Waals surface area contributed by atoms with Gasteiger partial charge in [0.15, 0.2) is 5.78 Å². The number of ketones is 1. The maximum absolute atomic E-state index is 13.0. The van der Waals surface area contributed by atoms with Gasteiger partial charge in [0, 0.05) is 22.5 Å². The molecule has 2 aromatic carbocycles. The third-order valence-corrected chi connectivity index (χ3v) is 4.72. The Kier molecular flexibility index (Phi) is 7.08. The van der Waals surface area contributed by atoms with Crippen LogP contribution in [0.4, 0.5) is 10.1 Å². The number of aromatic nitrogens is 2. The Bertz CT molecular complexity index is 1010. The number of nitrogens with one attached hydrogen (secondary N) is 2. The van der Waals surface area contributed by atoms with E-state index in [9.17, 15) is 14.0 Å². The second-order valence-electron chi connectivity index (χ2n) is 7.31. The SMILES string of the molecule is CC(=O)c1cccc(NC(=O)CN(C)CCCc2cc(-c3ccc(F)cc3)n[nH]2)c1. The van der Waals surface area contributed by atoms with Crippen molar-refractivity contribution in [2.45, 2.75) is 19.8 Å². The fourth-order valence-electron chi connectivity index (χ4n) is 3.14. The summed E-state index contributed by atoms with van der Waals surface area (Å²) in [6.45, 7) is 2.50. The molecule has 0 fully saturated rings. The summed E-state index contributed by atoms with van der Waals surface area (Å²) < 4.78 is 13.0. The van der Waals surface area contributed by atoms with Crippen LogP contribution in [-0.4, -0.2) is 46.9 Å². The van der Waals surface area contributed by atoms with E-state index in [0.29, 0.717) is 11.3 Å². The van der Waals surface area contributed by atoms with E-state index in [1.54, 1.807) is 36.4 Å². The molecule has 1 heterocycles. The number of aryl methyl sites for hydroxylation is 1. The largest absolute Gasteiger partial charge is 0.325 e. The van der Waals surface area contributed by atoms with E-state index in [0.717, 1.165) is 36.3 Å². The van der Waals surface area contributed by atoms with Gasteiger partial charge in [-0.1, -0.05) is 12.1 Å². The Morgan fingerprint density at radius 3 is 2.63 bits per heavy atom. The van der Waals surface area contributed by atoms with Crippen molar-refractivity contribution in [3.05, 3.63) is 71.7 Å². The highest BCUT2D eigenvalue weighted by molar-refractivity contribution is 5.97. The highest BCUT2D eigenvalue weighted by Crippen LogP contribution is 2.18. The Morgan fingerprint density at radius 2 is 1.90 bits per heavy atom. The van der Waals surface area contributed by atoms with Gasteiger partial charge in [0.25, 0.3) is 0 Å². The zero-order chi connectivity index (χ0) is 21.5. The lowest BCUT2D eigenvalue weighted by Gasteiger charge is -2.16. The van der Waals surface area contributed by atoms with Crippen molar-refractivity contribution in [3.8, 4) is 11.3 Å². The van der Waals surface area contributed by atoms with Crippen LogP contribution in [0.2, 0.25) is 0 Å². The fourth-order valence-corrected chi connectivity index (χ4v) is 3.14. The minimum absolute atomic E-state index is 0.0374. The molecule has 0 atom stereocenters. The van der Waals surface area contributed by atoms with Crippen molar-refractivity contribution in [1.29, 1.82) is 0 Å². The molecule has 0 saturated heterocycles. The number of H-pyrrole nitrogens is 1. The lowest BCUT2D eigenvalue weighted by Crippen LogP contribution is -2.31. The number of likely N-dealkylation sites (N-methyl/N-ethyl adjacent to an activating group) is 1. The third-order valence-electron chi connectivity index (χ3n) is 4.72. The van der Waals surface area contributed by atoms with Crippen molar-refractivity contribution in [3.63, 3.8) is 0 Å². The number of Topliss-reactive ketones (excluding diaryl/α,β-unsaturated/α-hetero) is 1. The van der Waals surface area contributed by atoms with Crippen molar-refractivity contribution in [1.82, 2.24) is 15.1 Å². The number of rotatable bonds is 9. The molecule has 1 aromatic heterocycles. The van der Waals surface area contributed by atoms with E-state index in [2.05, 4.69) is 15.5 Å². The first-order valence-electron chi connectivity index (χ1n) is 9.80. The second kappa shape index (κ2) is 9.93. The quantitative estimate of drug-likeness (QED) is 0.526. The number of hydrogen-bond donors (Lipinski definition) is 2. The highest BCUT2D eigenvalue weighted by Gasteiger charge is 2.09. The standard InChI is InChI=1S/C23H25FN4O2/c1-16(29)18-5-3-6-20(13-18)25-23(30)15-28(2)12-4-7-21-14-22(27-26-21)17-8-10-19(24)11-9-17/h3,5-6,8-11,13-14H,4,7,12,15H2,1-2H3,(H,25,30)(H,26,27). The molecule has 0 aliphatic rings. The Hall–Kier alpha value is -3.32. The Labute approximate surface area is 175 Å². The summed E-state index contributed by atoms with van der Waals surface area (Å²) in [6.07, 6.45) is 1.65. The van der Waals surface area contributed by atoms with Gasteiger partial charge in [-0.05, 0) is 75.8 Å². The molecule has 1 amide bonds. The van der Waals surface area contributed by atoms with Gasteiger partial charge < -0.3 is 5.32 Å². The summed E-state index contributed by atoms with van der Waals surface area (Å²) in [5.74, 6) is -0.434. The molecular formula is C23H25FN4O2. The van der Waals surface area contributed by atoms with Crippen LogP contribution in [0.5, 0.6) is 0 Å². The molecule has 0 radical (unpaired) electrons. The molecular weight excluding hydrogens is 383 g/mol. The average Bonchev–Trinajstić information content (AvgIpc) is 3.17. The first kappa shape index (κ1) is 21.4. The van der Waals surface area contributed by atoms with Gasteiger partial charge in [0.05, 0.1) is 12.2 Å². The van der Waals surface area contributed by atoms with E-state index in [-0.39, 0.29) is 24.1 Å². The lowest BCUT2D eigenvalue weighted by molar-refractivity contribution is -0.117. The van der Waals surface area contributed by atoms with Gasteiger partial charge in [-0.3, -0.25) is 19.6 Å². The van der Waals surface area contributed by atoms with Crippen molar-refractivity contribution >= 4 is 17.4 Å². The maximum atomic E-state index is 13.0. The van der Waals surface area contributed by atoms with Crippen molar-refractivity contribution < 1.29 is 14.0 Å². The van der Waals surface area contributed by atoms with E-state index >= 15 is 0 Å². The van der Waals surface area contributed by atoms with Crippen LogP contribution in [0.3, 0.4) is 0 Å². The monoisotopic (exact) mass is 408 g/mol. The minimum Gasteiger partial charge on any atom is -0.325 e. The van der Waals surface area contributed by atoms with Gasteiger partial charge in [-0.15, -0.1) is 0 Å². The van der Waals surface area contributed by atoms with Gasteiger partial charge in [-0.2, -0.15) is 5.10 Å². The van der Waals surface area contributed by atoms with Crippen LogP contribution >= 0.6 is 0 Å². The lowest BCUT2D eigenvalue weighted by atomic mass is 10.1. The number of amides is 1. The van der Waals surface area contributed by atoms with Crippen LogP contribution in [0.25, 0.3) is 11.3 Å². The molecule has 0 aliphatic heterocycles. The van der Waals surface area contributed by atoms with Crippen LogP contribution in [0.15, 0.2) is 54.6 Å². The molecule has 0 unspecified atom stereocenters. The summed E-state index contributed by atoms with van der Waals surface area (Å²) in [5.41, 5.74) is 3.83. The summed E-state index contributed by atoms with van der Waals surface area (Å²) in [4.78, 5) is 25.6. The summed E-state index contributed by atoms with van der Waals surface area (Å²) >= 11 is 0. The van der Waals surface area contributed by atoms with E-state index in [4.69, 9.17) is 0 Å². The van der Waals surface area contributed by atoms with E-state index in [1.165, 1.54) is 19.1 Å². The molecule has 156 valence electrons. The van der Waals surface area contributed by atoms with Crippen LogP contribution in [-0.2, 0) is 11.2 Å². The first-order chi connectivity index (χ1) is 14.4. The summed E-state index contributed by atoms with van der Waals surface area (Å²) in [7, 11) is 1.89. The first-order valence-corrected chi connectivity index (χ1v) is 9.80. The molecule has 0 saturated carbocycles. The molecule has 30 heavy (non-hydrogen) atoms. The fraction of sp³-hybridized carbons (Fsp3) is 0.261. The van der Waals surface area contributed by atoms with Crippen LogP contribution in [0, 0.1) is 5.82 Å². The second-order valence-corrected chi connectivity index (χ2v) is 7.31. The highest BCUT2D eigenvalue weighted by atomic mass is 19.1. The molecule has 0 aliphatic carbocycles. The van der Waals surface area contributed by atoms with Gasteiger partial charge in [-0.25, -0.2) is 4.39 Å². The molecule has 7 heteroatoms. The van der Waals surface area contributed by atoms with Crippen LogP contribution in [0.1, 0.15) is 29.4 Å². The number of benzene rings is 2. The van der Waals surface area contributed by atoms with Gasteiger partial charge in [0.1, 0.15) is 5.82 Å². The van der Waals surface area contributed by atoms with Crippen molar-refractivity contribution in [2.75, 3.05) is 25.5 Å². The molecule has 0 bridgehead atoms. The molecule has 6 nitrogen and oxygen atoms in total. The zero-order valence-corrected chi connectivity index (χ0v) is 17.1. The number of aromatic amines is 1.